The molecule has 2 amide bonds. The summed E-state index contributed by atoms with van der Waals surface area (Å²) in [7, 11) is 1.49. The zero-order chi connectivity index (χ0) is 24.5. The zero-order valence-corrected chi connectivity index (χ0v) is 20.4. The molecule has 0 aliphatic carbocycles. The molecule has 2 heterocycles. The second-order valence-corrected chi connectivity index (χ2v) is 8.78. The molecule has 0 bridgehead atoms. The van der Waals surface area contributed by atoms with Crippen LogP contribution in [0.3, 0.4) is 0 Å². The maximum Gasteiger partial charge on any atom is 0.419 e. The van der Waals surface area contributed by atoms with Gasteiger partial charge in [-0.15, -0.1) is 0 Å². The van der Waals surface area contributed by atoms with Crippen LogP contribution < -0.4 is 5.32 Å². The Morgan fingerprint density at radius 1 is 1.18 bits per heavy atom. The summed E-state index contributed by atoms with van der Waals surface area (Å²) in [5.74, 6) is -1.22. The van der Waals surface area contributed by atoms with Crippen molar-refractivity contribution in [2.24, 2.45) is 0 Å². The van der Waals surface area contributed by atoms with E-state index < -0.39 is 29.1 Å². The molecular formula is C23H26BrF3N4O2. The first-order valence-corrected chi connectivity index (χ1v) is 11.4. The number of rotatable bonds is 7. The van der Waals surface area contributed by atoms with E-state index in [1.165, 1.54) is 18.9 Å². The van der Waals surface area contributed by atoms with Crippen LogP contribution >= 0.6 is 15.9 Å². The van der Waals surface area contributed by atoms with E-state index in [-0.39, 0.29) is 17.0 Å². The number of nitrogens with zero attached hydrogens (tertiary/aromatic N) is 2. The molecule has 0 saturated heterocycles. The predicted octanol–water partition coefficient (Wildman–Crippen LogP) is 5.01. The minimum absolute atomic E-state index is 0.0898. The number of aryl methyl sites for hydroxylation is 1. The fourth-order valence-corrected chi connectivity index (χ4v) is 4.25. The Bertz CT molecular complexity index is 1100. The lowest BCUT2D eigenvalue weighted by Crippen LogP contribution is -2.37. The number of nitrogens with one attached hydrogen (secondary N) is 2. The number of benzene rings is 1. The van der Waals surface area contributed by atoms with E-state index in [4.69, 9.17) is 0 Å². The molecule has 1 aliphatic heterocycles. The maximum atomic E-state index is 14.2. The van der Waals surface area contributed by atoms with Crippen molar-refractivity contribution in [1.82, 2.24) is 14.8 Å². The third kappa shape index (κ3) is 5.16. The van der Waals surface area contributed by atoms with Crippen molar-refractivity contribution in [3.8, 4) is 0 Å². The highest BCUT2D eigenvalue weighted by molar-refractivity contribution is 9.10. The van der Waals surface area contributed by atoms with Crippen molar-refractivity contribution in [3.05, 3.63) is 50.8 Å². The van der Waals surface area contributed by atoms with E-state index in [1.807, 2.05) is 13.8 Å². The van der Waals surface area contributed by atoms with E-state index >= 15 is 0 Å². The number of carbonyl (C=O) groups excluding carboxylic acids is 2. The number of alkyl halides is 3. The molecule has 0 radical (unpaired) electrons. The van der Waals surface area contributed by atoms with Crippen LogP contribution in [-0.2, 0) is 11.0 Å². The Hall–Kier alpha value is -2.59. The third-order valence-electron chi connectivity index (χ3n) is 5.76. The lowest BCUT2D eigenvalue weighted by molar-refractivity contribution is -0.138. The monoisotopic (exact) mass is 526 g/mol. The Balaban J connectivity index is 2.04. The highest BCUT2D eigenvalue weighted by Gasteiger charge is 2.41. The van der Waals surface area contributed by atoms with Crippen molar-refractivity contribution < 1.29 is 22.8 Å². The van der Waals surface area contributed by atoms with Gasteiger partial charge in [0.1, 0.15) is 0 Å². The van der Waals surface area contributed by atoms with Gasteiger partial charge in [0.05, 0.1) is 22.4 Å². The zero-order valence-electron chi connectivity index (χ0n) is 18.9. The van der Waals surface area contributed by atoms with Gasteiger partial charge in [-0.2, -0.15) is 13.2 Å². The van der Waals surface area contributed by atoms with Gasteiger partial charge in [0.15, 0.2) is 0 Å². The van der Waals surface area contributed by atoms with Crippen LogP contribution in [0.15, 0.2) is 22.7 Å². The molecule has 0 unspecified atom stereocenters. The SMILES string of the molecule is CCN(CC)CCN(C)C(=O)c1c(C)[nH]c(/C=C2\C(=O)Nc3ccc(Br)cc32)c1C(F)(F)F. The van der Waals surface area contributed by atoms with Crippen molar-refractivity contribution in [3.63, 3.8) is 0 Å². The second-order valence-electron chi connectivity index (χ2n) is 7.87. The van der Waals surface area contributed by atoms with Crippen LogP contribution in [0.25, 0.3) is 11.6 Å². The highest BCUT2D eigenvalue weighted by atomic mass is 79.9. The maximum absolute atomic E-state index is 14.2. The predicted molar refractivity (Wildman–Crippen MR) is 126 cm³/mol. The summed E-state index contributed by atoms with van der Waals surface area (Å²) in [5, 5.41) is 2.65. The van der Waals surface area contributed by atoms with E-state index in [0.717, 1.165) is 19.2 Å². The number of amides is 2. The number of aromatic amines is 1. The first kappa shape index (κ1) is 25.0. The molecule has 6 nitrogen and oxygen atoms in total. The summed E-state index contributed by atoms with van der Waals surface area (Å²) >= 11 is 3.32. The van der Waals surface area contributed by atoms with Crippen LogP contribution in [0.1, 0.15) is 46.7 Å². The van der Waals surface area contributed by atoms with Gasteiger partial charge < -0.3 is 20.1 Å². The summed E-state index contributed by atoms with van der Waals surface area (Å²) in [6, 6.07) is 5.06. The topological polar surface area (TPSA) is 68.4 Å². The lowest BCUT2D eigenvalue weighted by atomic mass is 10.0. The molecule has 33 heavy (non-hydrogen) atoms. The van der Waals surface area contributed by atoms with Gasteiger partial charge in [-0.3, -0.25) is 9.59 Å². The normalized spacial score (nSPS) is 14.7. The second kappa shape index (κ2) is 9.72. The molecule has 1 aromatic carbocycles. The number of hydrogen-bond acceptors (Lipinski definition) is 3. The minimum Gasteiger partial charge on any atom is -0.358 e. The van der Waals surface area contributed by atoms with Gasteiger partial charge in [0.25, 0.3) is 11.8 Å². The molecule has 1 aliphatic rings. The van der Waals surface area contributed by atoms with Crippen LogP contribution in [0.2, 0.25) is 0 Å². The van der Waals surface area contributed by atoms with Gasteiger partial charge in [-0.1, -0.05) is 29.8 Å². The minimum atomic E-state index is -4.79. The number of anilines is 1. The largest absolute Gasteiger partial charge is 0.419 e. The fourth-order valence-electron chi connectivity index (χ4n) is 3.89. The standard InChI is InChI=1S/C23H26BrF3N4O2/c1-5-31(6-2)10-9-30(4)22(33)19-13(3)28-18(20(19)23(25,26)27)12-16-15-11-14(24)7-8-17(15)29-21(16)32/h7-8,11-12,28H,5-6,9-10H2,1-4H3,(H,29,32)/b16-12-. The van der Waals surface area contributed by atoms with Gasteiger partial charge in [0.2, 0.25) is 0 Å². The Morgan fingerprint density at radius 3 is 2.45 bits per heavy atom. The number of likely N-dealkylation sites (N-methyl/N-ethyl adjacent to an activating group) is 2. The number of halogens is 4. The van der Waals surface area contributed by atoms with Crippen molar-refractivity contribution in [2.75, 3.05) is 38.5 Å². The Morgan fingerprint density at radius 2 is 1.85 bits per heavy atom. The molecule has 0 fully saturated rings. The van der Waals surface area contributed by atoms with E-state index in [1.54, 1.807) is 18.2 Å². The van der Waals surface area contributed by atoms with E-state index in [9.17, 15) is 22.8 Å². The first-order valence-electron chi connectivity index (χ1n) is 10.6. The van der Waals surface area contributed by atoms with Crippen molar-refractivity contribution in [1.29, 1.82) is 0 Å². The number of hydrogen-bond donors (Lipinski definition) is 2. The molecule has 178 valence electrons. The van der Waals surface area contributed by atoms with Gasteiger partial charge in [-0.05, 0) is 44.3 Å². The summed E-state index contributed by atoms with van der Waals surface area (Å²) in [4.78, 5) is 31.6. The molecule has 3 rings (SSSR count). The molecule has 2 aromatic rings. The number of aromatic nitrogens is 1. The van der Waals surface area contributed by atoms with Gasteiger partial charge >= 0.3 is 6.18 Å². The number of carbonyl (C=O) groups is 2. The van der Waals surface area contributed by atoms with Gasteiger partial charge in [-0.25, -0.2) is 0 Å². The third-order valence-corrected chi connectivity index (χ3v) is 6.25. The van der Waals surface area contributed by atoms with Crippen LogP contribution in [-0.4, -0.2) is 59.8 Å². The Kier molecular flexibility index (Phi) is 7.38. The van der Waals surface area contributed by atoms with Gasteiger partial charge in [0, 0.05) is 41.6 Å². The number of fused-ring (bicyclic) bond motifs is 1. The Labute approximate surface area is 199 Å². The van der Waals surface area contributed by atoms with Crippen molar-refractivity contribution in [2.45, 2.75) is 26.9 Å². The molecule has 10 heteroatoms. The smallest absolute Gasteiger partial charge is 0.358 e. The molecule has 2 N–H and O–H groups in total. The molecule has 0 atom stereocenters. The average Bonchev–Trinajstić information content (AvgIpc) is 3.24. The average molecular weight is 527 g/mol. The van der Waals surface area contributed by atoms with E-state index in [2.05, 4.69) is 31.1 Å². The van der Waals surface area contributed by atoms with E-state index in [0.29, 0.717) is 28.8 Å². The summed E-state index contributed by atoms with van der Waals surface area (Å²) in [5.41, 5.74) is -0.627. The molecule has 0 spiro atoms. The number of H-pyrrole nitrogens is 1. The lowest BCUT2D eigenvalue weighted by Gasteiger charge is -2.24. The van der Waals surface area contributed by atoms with Crippen LogP contribution in [0.5, 0.6) is 0 Å². The first-order chi connectivity index (χ1) is 15.5. The summed E-state index contributed by atoms with van der Waals surface area (Å²) in [6.07, 6.45) is -3.63. The van der Waals surface area contributed by atoms with Crippen LogP contribution in [0, 0.1) is 6.92 Å². The summed E-state index contributed by atoms with van der Waals surface area (Å²) < 4.78 is 43.2. The van der Waals surface area contributed by atoms with Crippen molar-refractivity contribution >= 4 is 45.1 Å². The highest BCUT2D eigenvalue weighted by Crippen LogP contribution is 2.40. The quantitative estimate of drug-likeness (QED) is 0.498. The molecular weight excluding hydrogens is 501 g/mol. The fraction of sp³-hybridized carbons (Fsp3) is 0.391. The molecule has 1 aromatic heterocycles. The van der Waals surface area contributed by atoms with Crippen LogP contribution in [0.4, 0.5) is 18.9 Å². The molecule has 0 saturated carbocycles. The summed E-state index contributed by atoms with van der Waals surface area (Å²) in [6.45, 7) is 7.82.